The first-order valence-electron chi connectivity index (χ1n) is 28.4. The Morgan fingerprint density at radius 2 is 1.22 bits per heavy atom. The lowest BCUT2D eigenvalue weighted by Gasteiger charge is -2.42. The molecule has 3 aliphatic rings. The van der Waals surface area contributed by atoms with E-state index in [4.69, 9.17) is 33.0 Å². The Kier molecular flexibility index (Phi) is 26.3. The number of carbonyl (C=O) groups is 5. The number of nitrogen functional groups attached to an aromatic ring is 1. The van der Waals surface area contributed by atoms with Crippen molar-refractivity contribution in [3.05, 3.63) is 103 Å². The third-order valence-corrected chi connectivity index (χ3v) is 13.7. The number of carbonyl (C=O) groups excluding carboxylic acids is 5. The van der Waals surface area contributed by atoms with Crippen molar-refractivity contribution in [1.82, 2.24) is 50.0 Å². The average molecular weight is 1250 g/mol. The first kappa shape index (κ1) is 71.7. The van der Waals surface area contributed by atoms with Crippen LogP contribution in [-0.2, 0) is 19.1 Å². The number of nitrogens with zero attached hydrogens (tertiary/aromatic N) is 16. The van der Waals surface area contributed by atoms with E-state index in [1.54, 1.807) is 96.9 Å². The fourth-order valence-corrected chi connectivity index (χ4v) is 9.64. The molecule has 0 radical (unpaired) electrons. The topological polar surface area (TPSA) is 315 Å². The zero-order chi connectivity index (χ0) is 64.6. The van der Waals surface area contributed by atoms with Crippen molar-refractivity contribution in [3.8, 4) is 17.3 Å². The highest BCUT2D eigenvalue weighted by Crippen LogP contribution is 2.38. The molecule has 0 unspecified atom stereocenters. The summed E-state index contributed by atoms with van der Waals surface area (Å²) in [6, 6.07) is 18.5. The number of hydrazine groups is 2. The summed E-state index contributed by atoms with van der Waals surface area (Å²) in [7, 11) is 8.91. The van der Waals surface area contributed by atoms with Crippen molar-refractivity contribution in [2.75, 3.05) is 70.1 Å². The molecule has 3 aliphatic heterocycles. The first-order chi connectivity index (χ1) is 41.2. The summed E-state index contributed by atoms with van der Waals surface area (Å²) in [6.45, 7) is 25.5. The van der Waals surface area contributed by atoms with Gasteiger partial charge in [0.15, 0.2) is 23.5 Å². The quantitative estimate of drug-likeness (QED) is 0.0274. The Labute approximate surface area is 526 Å². The summed E-state index contributed by atoms with van der Waals surface area (Å²) in [5.74, 6) is 13.9. The van der Waals surface area contributed by atoms with Crippen LogP contribution in [0.15, 0.2) is 90.6 Å². The van der Waals surface area contributed by atoms with Crippen molar-refractivity contribution in [3.63, 3.8) is 0 Å². The van der Waals surface area contributed by atoms with Crippen molar-refractivity contribution in [1.29, 1.82) is 0 Å². The number of aromatic amines is 1. The molecule has 0 saturated carbocycles. The Hall–Kier alpha value is -8.79. The van der Waals surface area contributed by atoms with Gasteiger partial charge in [0.1, 0.15) is 47.5 Å². The van der Waals surface area contributed by atoms with Crippen LogP contribution in [0.1, 0.15) is 106 Å². The molecule has 2 aromatic carbocycles. The zero-order valence-corrected chi connectivity index (χ0v) is 54.5. The van der Waals surface area contributed by atoms with E-state index in [0.717, 1.165) is 29.3 Å². The fourth-order valence-electron chi connectivity index (χ4n) is 9.51. The first-order valence-corrected chi connectivity index (χ1v) is 28.7. The minimum atomic E-state index is -0.609. The Bertz CT molecular complexity index is 3310. The van der Waals surface area contributed by atoms with Gasteiger partial charge in [-0.15, -0.1) is 0 Å². The lowest BCUT2D eigenvalue weighted by Crippen LogP contribution is -3.00. The number of aliphatic imine (C=N–C) groups is 1. The molecular weight excluding hydrogens is 1170 g/mol. The molecule has 3 atom stereocenters. The van der Waals surface area contributed by atoms with Crippen LogP contribution < -0.4 is 69.3 Å². The molecule has 0 fully saturated rings. The van der Waals surface area contributed by atoms with Gasteiger partial charge in [0.25, 0.3) is 17.8 Å². The minimum Gasteiger partial charge on any atom is -1.00 e. The predicted molar refractivity (Wildman–Crippen MR) is 340 cm³/mol. The number of rotatable bonds is 11. The van der Waals surface area contributed by atoms with E-state index in [1.807, 2.05) is 106 Å². The molecule has 0 spiro atoms. The number of nitrogens with two attached hydrogens (primary N) is 2. The van der Waals surface area contributed by atoms with Gasteiger partial charge < -0.3 is 51.4 Å². The SMILES string of the molecule is CC(C)(C)OC(=O)NN.CC[C@@H]1C(=O)N(C)c2c[nH+]c(NN)nc2N1C(C)C.CC[C@@H]1C(=O)N(C)c2cnc(-n3ncnc3-c3ccccc3)nc2N1C(C)C.CN(C)C=NC(=O)c1ccccc1.[CH2+]C[C@@H]1C(=O)N(C)c2cnc(Cl)nc2N1C(C)C.[Cl-]. The second kappa shape index (κ2) is 32.3. The molecule has 0 bridgehead atoms. The van der Waals surface area contributed by atoms with Crippen LogP contribution in [0.4, 0.5) is 45.3 Å². The Balaban J connectivity index is 0.000000246. The van der Waals surface area contributed by atoms with Gasteiger partial charge in [0.2, 0.25) is 22.9 Å². The molecule has 27 nitrogen and oxygen atoms in total. The van der Waals surface area contributed by atoms with Gasteiger partial charge in [-0.3, -0.25) is 24.6 Å². The van der Waals surface area contributed by atoms with Crippen molar-refractivity contribution in [2.24, 2.45) is 16.7 Å². The van der Waals surface area contributed by atoms with Gasteiger partial charge in [0.05, 0.1) is 31.9 Å². The summed E-state index contributed by atoms with van der Waals surface area (Å²) < 4.78 is 6.34. The van der Waals surface area contributed by atoms with Crippen molar-refractivity contribution < 1.29 is 46.1 Å². The average Bonchev–Trinajstić information content (AvgIpc) is 1.17. The standard InChI is InChI=1S/C20H23N7O.C12H16ClN4O.C12H20N6O.C10H12N2O.C5H12N2O2.ClH/c1-5-15-19(28)25(4)16-11-21-20(24-18(16)26(15)13(2)3)27-17(22-12-23-27)14-9-7-6-8-10-14;1-5-8-11(18)16(4)9-6-14-12(13)15-10(9)17(8)7(2)3;1-5-8-11(19)17(4)9-6-14-12(16-13)15-10(9)18(8)7(2)3;1-12(2)8-11-10(13)9-6-4-3-5-7-9;1-5(2,3)9-4(8)7-6;/h6-13,15H,5H2,1-4H3;6-8H,1,5H2,2-4H3;6-8H,5,13H2,1-4H3,(H,14,15,16);3-8H,1-2H3;6H2,1-3H3,(H,7,8);1H/q;+1;;;;/t15-;2*8-;;;/m111.../s1. The van der Waals surface area contributed by atoms with Gasteiger partial charge in [-0.2, -0.15) is 30.6 Å². The number of hydrogen-bond acceptors (Lipinski definition) is 19. The fraction of sp³-hybridized carbons (Fsp3) is 0.441. The van der Waals surface area contributed by atoms with Crippen molar-refractivity contribution in [2.45, 2.75) is 137 Å². The van der Waals surface area contributed by atoms with Gasteiger partial charge >= 0.3 is 12.0 Å². The van der Waals surface area contributed by atoms with Crippen LogP contribution in [0.25, 0.3) is 17.3 Å². The maximum atomic E-state index is 12.8. The van der Waals surface area contributed by atoms with Crippen LogP contribution in [0.2, 0.25) is 5.28 Å². The van der Waals surface area contributed by atoms with E-state index in [-0.39, 0.29) is 77.6 Å². The molecule has 4 aromatic heterocycles. The number of benzene rings is 2. The third-order valence-electron chi connectivity index (χ3n) is 13.5. The lowest BCUT2D eigenvalue weighted by atomic mass is 10.1. The van der Waals surface area contributed by atoms with Crippen LogP contribution in [0, 0.1) is 6.92 Å². The van der Waals surface area contributed by atoms with Crippen LogP contribution in [-0.4, -0.2) is 158 Å². The number of nitrogens with one attached hydrogen (secondary N) is 3. The molecule has 9 rings (SSSR count). The van der Waals surface area contributed by atoms with E-state index in [2.05, 4.69) is 84.9 Å². The number of amides is 5. The number of fused-ring (bicyclic) bond motifs is 3. The molecule has 5 amide bonds. The molecule has 7 N–H and O–H groups in total. The van der Waals surface area contributed by atoms with E-state index in [9.17, 15) is 24.0 Å². The molecular formula is C59H84Cl2N21O6+. The van der Waals surface area contributed by atoms with Crippen LogP contribution >= 0.6 is 11.6 Å². The van der Waals surface area contributed by atoms with E-state index >= 15 is 0 Å². The second-order valence-electron chi connectivity index (χ2n) is 22.1. The maximum absolute atomic E-state index is 12.8. The number of aromatic nitrogens is 9. The number of anilines is 7. The van der Waals surface area contributed by atoms with E-state index < -0.39 is 11.7 Å². The van der Waals surface area contributed by atoms with Crippen LogP contribution in [0.3, 0.4) is 0 Å². The molecule has 88 heavy (non-hydrogen) atoms. The normalized spacial score (nSPS) is 15.9. The molecule has 7 heterocycles. The predicted octanol–water partition coefficient (Wildman–Crippen LogP) is 3.56. The summed E-state index contributed by atoms with van der Waals surface area (Å²) in [5, 5.41) is 4.52. The summed E-state index contributed by atoms with van der Waals surface area (Å²) >= 11 is 5.85. The monoisotopic (exact) mass is 1250 g/mol. The van der Waals surface area contributed by atoms with Gasteiger partial charge in [-0.25, -0.2) is 36.0 Å². The Morgan fingerprint density at radius 3 is 1.68 bits per heavy atom. The number of likely N-dealkylation sites (N-methyl/N-ethyl adjacent to an activating group) is 3. The Morgan fingerprint density at radius 1 is 0.739 bits per heavy atom. The molecule has 0 aliphatic carbocycles. The van der Waals surface area contributed by atoms with Crippen molar-refractivity contribution >= 4 is 88.1 Å². The summed E-state index contributed by atoms with van der Waals surface area (Å²) in [4.78, 5) is 105. The largest absolute Gasteiger partial charge is 1.00 e. The van der Waals surface area contributed by atoms with E-state index in [0.29, 0.717) is 53.3 Å². The molecule has 29 heteroatoms. The third kappa shape index (κ3) is 17.5. The summed E-state index contributed by atoms with van der Waals surface area (Å²) in [6.07, 6.45) is 9.34. The number of hydrogen-bond donors (Lipinski definition) is 4. The molecule has 474 valence electrons. The smallest absolute Gasteiger partial charge is 0.421 e. The minimum absolute atomic E-state index is 0. The molecule has 6 aromatic rings. The van der Waals surface area contributed by atoms with Gasteiger partial charge in [-0.1, -0.05) is 62.4 Å². The highest BCUT2D eigenvalue weighted by atomic mass is 35.5. The van der Waals surface area contributed by atoms with Crippen LogP contribution in [0.5, 0.6) is 0 Å². The zero-order valence-electron chi connectivity index (χ0n) is 53.0. The highest BCUT2D eigenvalue weighted by molar-refractivity contribution is 6.28. The van der Waals surface area contributed by atoms with Gasteiger partial charge in [0, 0.05) is 64.5 Å². The second-order valence-corrected chi connectivity index (χ2v) is 22.4. The summed E-state index contributed by atoms with van der Waals surface area (Å²) in [5.41, 5.74) is 7.58. The molecule has 0 saturated heterocycles. The van der Waals surface area contributed by atoms with E-state index in [1.165, 1.54) is 12.7 Å². The maximum Gasteiger partial charge on any atom is 0.421 e. The lowest BCUT2D eigenvalue weighted by molar-refractivity contribution is -0.364. The number of halogens is 2. The highest BCUT2D eigenvalue weighted by Gasteiger charge is 2.42. The number of H-pyrrole nitrogens is 1. The number of ether oxygens (including phenoxy) is 1. The van der Waals surface area contributed by atoms with Gasteiger partial charge in [-0.05, 0) is 104 Å².